The fourth-order valence-corrected chi connectivity index (χ4v) is 2.33. The maximum absolute atomic E-state index is 12.5. The summed E-state index contributed by atoms with van der Waals surface area (Å²) in [5.74, 6) is -0.499. The molecule has 0 aliphatic carbocycles. The number of carbonyl (C=O) groups excluding carboxylic acids is 2. The van der Waals surface area contributed by atoms with Crippen LogP contribution in [0.5, 0.6) is 0 Å². The van der Waals surface area contributed by atoms with E-state index in [2.05, 4.69) is 20.9 Å². The molecule has 6 nitrogen and oxygen atoms in total. The van der Waals surface area contributed by atoms with Crippen molar-refractivity contribution >= 4 is 11.8 Å². The summed E-state index contributed by atoms with van der Waals surface area (Å²) >= 11 is 0. The van der Waals surface area contributed by atoms with Gasteiger partial charge in [0.1, 0.15) is 0 Å². The van der Waals surface area contributed by atoms with Crippen LogP contribution in [0.25, 0.3) is 0 Å². The van der Waals surface area contributed by atoms with Crippen molar-refractivity contribution in [3.05, 3.63) is 71.8 Å². The zero-order valence-electron chi connectivity index (χ0n) is 16.9. The van der Waals surface area contributed by atoms with Crippen LogP contribution in [0.15, 0.2) is 70.9 Å². The van der Waals surface area contributed by atoms with Crippen molar-refractivity contribution in [1.82, 2.24) is 10.6 Å². The lowest BCUT2D eigenvalue weighted by molar-refractivity contribution is -0.127. The molecule has 0 saturated carbocycles. The highest BCUT2D eigenvalue weighted by Gasteiger charge is 2.32. The van der Waals surface area contributed by atoms with Crippen LogP contribution in [0.3, 0.4) is 0 Å². The van der Waals surface area contributed by atoms with E-state index in [0.29, 0.717) is 13.1 Å². The summed E-state index contributed by atoms with van der Waals surface area (Å²) in [6.45, 7) is 7.53. The van der Waals surface area contributed by atoms with Crippen molar-refractivity contribution < 1.29 is 9.59 Å². The second kappa shape index (κ2) is 9.26. The number of hydrogen-bond donors (Lipinski definition) is 2. The van der Waals surface area contributed by atoms with Crippen molar-refractivity contribution in [3.63, 3.8) is 0 Å². The fraction of sp³-hybridized carbons (Fsp3) is 0.364. The quantitative estimate of drug-likeness (QED) is 0.686. The van der Waals surface area contributed by atoms with Crippen molar-refractivity contribution in [2.24, 2.45) is 10.2 Å². The third-order valence-corrected chi connectivity index (χ3v) is 4.25. The molecule has 2 aromatic carbocycles. The maximum atomic E-state index is 12.5. The van der Waals surface area contributed by atoms with Gasteiger partial charge in [-0.3, -0.25) is 9.59 Å². The predicted octanol–water partition coefficient (Wildman–Crippen LogP) is 3.63. The molecule has 0 heterocycles. The second-order valence-electron chi connectivity index (χ2n) is 7.65. The molecule has 2 rings (SSSR count). The smallest absolute Gasteiger partial charge is 0.249 e. The van der Waals surface area contributed by atoms with Gasteiger partial charge in [-0.05, 0) is 38.8 Å². The molecule has 2 amide bonds. The molecule has 0 aromatic heterocycles. The van der Waals surface area contributed by atoms with Crippen molar-refractivity contribution in [2.45, 2.75) is 51.9 Å². The number of amides is 2. The lowest BCUT2D eigenvalue weighted by atomic mass is 10.0. The predicted molar refractivity (Wildman–Crippen MR) is 110 cm³/mol. The number of benzene rings is 2. The summed E-state index contributed by atoms with van der Waals surface area (Å²) in [6, 6.07) is 19.3. The molecule has 0 radical (unpaired) electrons. The van der Waals surface area contributed by atoms with E-state index >= 15 is 0 Å². The Hall–Kier alpha value is -3.02. The highest BCUT2D eigenvalue weighted by atomic mass is 16.2. The Bertz CT molecular complexity index is 745. The van der Waals surface area contributed by atoms with Crippen molar-refractivity contribution in [2.75, 3.05) is 0 Å². The van der Waals surface area contributed by atoms with Crippen LogP contribution in [0.2, 0.25) is 0 Å². The van der Waals surface area contributed by atoms with Crippen LogP contribution in [-0.2, 0) is 22.7 Å². The third-order valence-electron chi connectivity index (χ3n) is 4.25. The summed E-state index contributed by atoms with van der Waals surface area (Å²) in [5.41, 5.74) is -0.147. The van der Waals surface area contributed by atoms with E-state index in [-0.39, 0.29) is 11.8 Å². The first-order chi connectivity index (χ1) is 13.2. The molecule has 2 aromatic rings. The van der Waals surface area contributed by atoms with Gasteiger partial charge in [-0.25, -0.2) is 0 Å². The van der Waals surface area contributed by atoms with Gasteiger partial charge in [0.2, 0.25) is 11.8 Å². The van der Waals surface area contributed by atoms with Gasteiger partial charge in [0.15, 0.2) is 11.1 Å². The Labute approximate surface area is 166 Å². The Balaban J connectivity index is 1.92. The second-order valence-corrected chi connectivity index (χ2v) is 7.65. The summed E-state index contributed by atoms with van der Waals surface area (Å²) in [6.07, 6.45) is 0. The van der Waals surface area contributed by atoms with Crippen LogP contribution in [0.1, 0.15) is 38.8 Å². The molecule has 0 aliphatic rings. The van der Waals surface area contributed by atoms with E-state index in [1.165, 1.54) is 0 Å². The Morgan fingerprint density at radius 2 is 1.00 bits per heavy atom. The van der Waals surface area contributed by atoms with Gasteiger partial charge in [0.05, 0.1) is 0 Å². The molecular weight excluding hydrogens is 352 g/mol. The average Bonchev–Trinajstić information content (AvgIpc) is 2.70. The average molecular weight is 380 g/mol. The molecular formula is C22H28N4O2. The standard InChI is InChI=1S/C22H28N4O2/c1-21(2,19(27)23-15-17-11-7-5-8-12-17)25-26-22(3,4)20(28)24-16-18-13-9-6-10-14-18/h5-14H,15-16H2,1-4H3,(H,23,27)(H,24,28). The molecule has 0 atom stereocenters. The normalized spacial score (nSPS) is 12.0. The van der Waals surface area contributed by atoms with Gasteiger partial charge in [-0.2, -0.15) is 10.2 Å². The van der Waals surface area contributed by atoms with Crippen LogP contribution in [0, 0.1) is 0 Å². The topological polar surface area (TPSA) is 82.9 Å². The molecule has 0 fully saturated rings. The van der Waals surface area contributed by atoms with Gasteiger partial charge >= 0.3 is 0 Å². The van der Waals surface area contributed by atoms with E-state index < -0.39 is 11.1 Å². The maximum Gasteiger partial charge on any atom is 0.249 e. The van der Waals surface area contributed by atoms with Crippen molar-refractivity contribution in [1.29, 1.82) is 0 Å². The van der Waals surface area contributed by atoms with Gasteiger partial charge in [-0.15, -0.1) is 0 Å². The minimum Gasteiger partial charge on any atom is -0.350 e. The van der Waals surface area contributed by atoms with E-state index in [0.717, 1.165) is 11.1 Å². The van der Waals surface area contributed by atoms with Crippen LogP contribution in [-0.4, -0.2) is 22.9 Å². The van der Waals surface area contributed by atoms with Gasteiger partial charge < -0.3 is 10.6 Å². The third kappa shape index (κ3) is 6.30. The summed E-state index contributed by atoms with van der Waals surface area (Å²) in [4.78, 5) is 24.9. The highest BCUT2D eigenvalue weighted by molar-refractivity contribution is 5.86. The number of hydrogen-bond acceptors (Lipinski definition) is 4. The molecule has 0 bridgehead atoms. The van der Waals surface area contributed by atoms with Crippen LogP contribution >= 0.6 is 0 Å². The van der Waals surface area contributed by atoms with Gasteiger partial charge in [0, 0.05) is 13.1 Å². The molecule has 0 unspecified atom stereocenters. The Morgan fingerprint density at radius 3 is 1.32 bits per heavy atom. The molecule has 0 saturated heterocycles. The molecule has 6 heteroatoms. The monoisotopic (exact) mass is 380 g/mol. The fourth-order valence-electron chi connectivity index (χ4n) is 2.33. The molecule has 0 aliphatic heterocycles. The highest BCUT2D eigenvalue weighted by Crippen LogP contribution is 2.17. The molecule has 148 valence electrons. The van der Waals surface area contributed by atoms with Crippen molar-refractivity contribution in [3.8, 4) is 0 Å². The zero-order valence-corrected chi connectivity index (χ0v) is 16.9. The lowest BCUT2D eigenvalue weighted by Gasteiger charge is -2.22. The van der Waals surface area contributed by atoms with E-state index in [4.69, 9.17) is 0 Å². The Morgan fingerprint density at radius 1 is 0.679 bits per heavy atom. The minimum atomic E-state index is -1.08. The van der Waals surface area contributed by atoms with Gasteiger partial charge in [0.25, 0.3) is 0 Å². The largest absolute Gasteiger partial charge is 0.350 e. The van der Waals surface area contributed by atoms with Gasteiger partial charge in [-0.1, -0.05) is 60.7 Å². The number of azo groups is 1. The molecule has 28 heavy (non-hydrogen) atoms. The Kier molecular flexibility index (Phi) is 7.04. The van der Waals surface area contributed by atoms with E-state index in [1.54, 1.807) is 27.7 Å². The summed E-state index contributed by atoms with van der Waals surface area (Å²) < 4.78 is 0. The first-order valence-corrected chi connectivity index (χ1v) is 9.29. The van der Waals surface area contributed by atoms with E-state index in [9.17, 15) is 9.59 Å². The minimum absolute atomic E-state index is 0.249. The molecule has 2 N–H and O–H groups in total. The lowest BCUT2D eigenvalue weighted by Crippen LogP contribution is -2.43. The number of nitrogens with zero attached hydrogens (tertiary/aromatic N) is 2. The first-order valence-electron chi connectivity index (χ1n) is 9.29. The first kappa shape index (κ1) is 21.3. The molecule has 0 spiro atoms. The SMILES string of the molecule is CC(C)(N=NC(C)(C)C(=O)NCc1ccccc1)C(=O)NCc1ccccc1. The van der Waals surface area contributed by atoms with Crippen LogP contribution < -0.4 is 10.6 Å². The number of carbonyl (C=O) groups is 2. The summed E-state index contributed by atoms with van der Waals surface area (Å²) in [7, 11) is 0. The van der Waals surface area contributed by atoms with Crippen LogP contribution in [0.4, 0.5) is 0 Å². The summed E-state index contributed by atoms with van der Waals surface area (Å²) in [5, 5.41) is 14.1. The number of nitrogens with one attached hydrogen (secondary N) is 2. The number of rotatable bonds is 8. The zero-order chi connectivity index (χ0) is 20.6. The van der Waals surface area contributed by atoms with E-state index in [1.807, 2.05) is 60.7 Å².